The number of carboxylic acids is 1. The third-order valence-electron chi connectivity index (χ3n) is 5.43. The zero-order valence-electron chi connectivity index (χ0n) is 14.6. The van der Waals surface area contributed by atoms with E-state index in [1.807, 2.05) is 13.8 Å². The van der Waals surface area contributed by atoms with Gasteiger partial charge in [0.15, 0.2) is 0 Å². The maximum atomic E-state index is 12.7. The fourth-order valence-electron chi connectivity index (χ4n) is 3.34. The van der Waals surface area contributed by atoms with Crippen molar-refractivity contribution >= 4 is 17.8 Å². The van der Waals surface area contributed by atoms with E-state index in [0.717, 1.165) is 12.8 Å². The largest absolute Gasteiger partial charge is 0.481 e. The lowest BCUT2D eigenvalue weighted by molar-refractivity contribution is -0.150. The van der Waals surface area contributed by atoms with E-state index in [2.05, 4.69) is 5.32 Å². The van der Waals surface area contributed by atoms with Crippen molar-refractivity contribution in [1.82, 2.24) is 10.2 Å². The van der Waals surface area contributed by atoms with Gasteiger partial charge in [0.05, 0.1) is 5.41 Å². The van der Waals surface area contributed by atoms with Crippen molar-refractivity contribution in [3.8, 4) is 0 Å². The Morgan fingerprint density at radius 3 is 2.24 bits per heavy atom. The molecular formula is C19H24N2O4. The molecule has 134 valence electrons. The van der Waals surface area contributed by atoms with Crippen molar-refractivity contribution in [1.29, 1.82) is 0 Å². The molecule has 2 aliphatic rings. The zero-order chi connectivity index (χ0) is 18.2. The van der Waals surface area contributed by atoms with E-state index in [1.54, 1.807) is 29.2 Å². The minimum Gasteiger partial charge on any atom is -0.481 e. The van der Waals surface area contributed by atoms with Crippen molar-refractivity contribution in [3.05, 3.63) is 35.4 Å². The summed E-state index contributed by atoms with van der Waals surface area (Å²) >= 11 is 0. The molecule has 1 saturated heterocycles. The molecule has 1 aromatic carbocycles. The number of nitrogens with one attached hydrogen (secondary N) is 1. The maximum Gasteiger partial charge on any atom is 0.311 e. The Hall–Kier alpha value is -2.37. The highest BCUT2D eigenvalue weighted by atomic mass is 16.4. The molecule has 0 bridgehead atoms. The Bertz CT molecular complexity index is 694. The highest BCUT2D eigenvalue weighted by Gasteiger charge is 2.48. The molecule has 1 aliphatic heterocycles. The number of likely N-dealkylation sites (tertiary alicyclic amines) is 1. The van der Waals surface area contributed by atoms with Gasteiger partial charge in [0.25, 0.3) is 11.8 Å². The van der Waals surface area contributed by atoms with E-state index in [-0.39, 0.29) is 24.3 Å². The van der Waals surface area contributed by atoms with Gasteiger partial charge in [-0.3, -0.25) is 14.4 Å². The molecule has 0 spiro atoms. The normalized spacial score (nSPS) is 22.9. The number of benzene rings is 1. The van der Waals surface area contributed by atoms with Crippen LogP contribution in [0.4, 0.5) is 0 Å². The zero-order valence-corrected chi connectivity index (χ0v) is 14.6. The number of rotatable bonds is 5. The van der Waals surface area contributed by atoms with Crippen molar-refractivity contribution in [2.75, 3.05) is 13.1 Å². The van der Waals surface area contributed by atoms with E-state index in [4.69, 9.17) is 0 Å². The van der Waals surface area contributed by atoms with E-state index >= 15 is 0 Å². The Morgan fingerprint density at radius 1 is 1.16 bits per heavy atom. The fraction of sp³-hybridized carbons (Fsp3) is 0.526. The summed E-state index contributed by atoms with van der Waals surface area (Å²) in [4.78, 5) is 38.0. The van der Waals surface area contributed by atoms with Gasteiger partial charge >= 0.3 is 5.97 Å². The number of hydrogen-bond donors (Lipinski definition) is 2. The molecule has 1 heterocycles. The number of carboxylic acid groups (broad SMARTS) is 1. The molecule has 0 aromatic heterocycles. The Kier molecular flexibility index (Phi) is 4.54. The SMILES string of the molecule is CC(C)C1(C(=O)O)CCN(C(=O)c2ccc(C(=O)NC3CC3)cc2)C1. The summed E-state index contributed by atoms with van der Waals surface area (Å²) in [5, 5.41) is 12.5. The first kappa shape index (κ1) is 17.5. The molecule has 1 aliphatic carbocycles. The third-order valence-corrected chi connectivity index (χ3v) is 5.43. The smallest absolute Gasteiger partial charge is 0.311 e. The molecule has 25 heavy (non-hydrogen) atoms. The maximum absolute atomic E-state index is 12.7. The average Bonchev–Trinajstić information content (AvgIpc) is 3.27. The highest BCUT2D eigenvalue weighted by molar-refractivity contribution is 5.98. The van der Waals surface area contributed by atoms with Crippen LogP contribution in [0.3, 0.4) is 0 Å². The number of carbonyl (C=O) groups is 3. The second kappa shape index (κ2) is 6.50. The van der Waals surface area contributed by atoms with Crippen LogP contribution in [0.1, 0.15) is 53.8 Å². The van der Waals surface area contributed by atoms with Crippen molar-refractivity contribution < 1.29 is 19.5 Å². The minimum absolute atomic E-state index is 0.0451. The van der Waals surface area contributed by atoms with Gasteiger partial charge in [-0.1, -0.05) is 13.8 Å². The second-order valence-electron chi connectivity index (χ2n) is 7.42. The lowest BCUT2D eigenvalue weighted by atomic mass is 9.76. The van der Waals surface area contributed by atoms with E-state index in [0.29, 0.717) is 30.1 Å². The number of amides is 2. The first-order chi connectivity index (χ1) is 11.8. The van der Waals surface area contributed by atoms with Crippen molar-refractivity contribution in [2.24, 2.45) is 11.3 Å². The third kappa shape index (κ3) is 3.38. The summed E-state index contributed by atoms with van der Waals surface area (Å²) in [7, 11) is 0. The van der Waals surface area contributed by atoms with Crippen molar-refractivity contribution in [2.45, 2.75) is 39.2 Å². The molecule has 2 fully saturated rings. The molecule has 3 rings (SSSR count). The van der Waals surface area contributed by atoms with E-state index < -0.39 is 11.4 Å². The van der Waals surface area contributed by atoms with Crippen LogP contribution in [0.15, 0.2) is 24.3 Å². The molecule has 2 amide bonds. The van der Waals surface area contributed by atoms with Gasteiger partial charge in [0.2, 0.25) is 0 Å². The van der Waals surface area contributed by atoms with Gasteiger partial charge in [-0.05, 0) is 49.4 Å². The molecular weight excluding hydrogens is 320 g/mol. The number of nitrogens with zero attached hydrogens (tertiary/aromatic N) is 1. The van der Waals surface area contributed by atoms with Crippen molar-refractivity contribution in [3.63, 3.8) is 0 Å². The standard InChI is InChI=1S/C19H24N2O4/c1-12(2)19(18(24)25)9-10-21(11-19)17(23)14-5-3-13(4-6-14)16(22)20-15-7-8-15/h3-6,12,15H,7-11H2,1-2H3,(H,20,22)(H,24,25). The average molecular weight is 344 g/mol. The summed E-state index contributed by atoms with van der Waals surface area (Å²) < 4.78 is 0. The van der Waals surface area contributed by atoms with Crippen LogP contribution >= 0.6 is 0 Å². The monoisotopic (exact) mass is 344 g/mol. The van der Waals surface area contributed by atoms with Gasteiger partial charge in [0, 0.05) is 30.3 Å². The minimum atomic E-state index is -0.875. The summed E-state index contributed by atoms with van der Waals surface area (Å²) in [6.45, 7) is 4.43. The lowest BCUT2D eigenvalue weighted by Crippen LogP contribution is -2.40. The Balaban J connectivity index is 1.69. The fourth-order valence-corrected chi connectivity index (χ4v) is 3.34. The molecule has 0 radical (unpaired) electrons. The first-order valence-corrected chi connectivity index (χ1v) is 8.77. The molecule has 1 unspecified atom stereocenters. The summed E-state index contributed by atoms with van der Waals surface area (Å²) in [5.41, 5.74) is 0.139. The van der Waals surface area contributed by atoms with E-state index in [9.17, 15) is 19.5 Å². The van der Waals surface area contributed by atoms with Gasteiger partial charge in [-0.25, -0.2) is 0 Å². The van der Waals surface area contributed by atoms with Gasteiger partial charge < -0.3 is 15.3 Å². The van der Waals surface area contributed by atoms with E-state index in [1.165, 1.54) is 0 Å². The molecule has 6 heteroatoms. The molecule has 6 nitrogen and oxygen atoms in total. The van der Waals surface area contributed by atoms with Gasteiger partial charge in [-0.15, -0.1) is 0 Å². The summed E-state index contributed by atoms with van der Waals surface area (Å²) in [6, 6.07) is 6.86. The quantitative estimate of drug-likeness (QED) is 0.857. The number of hydrogen-bond acceptors (Lipinski definition) is 3. The van der Waals surface area contributed by atoms with Crippen LogP contribution in [0.25, 0.3) is 0 Å². The van der Waals surface area contributed by atoms with Crippen LogP contribution in [-0.4, -0.2) is 46.9 Å². The summed E-state index contributed by atoms with van der Waals surface area (Å²) in [6.07, 6.45) is 2.52. The molecule has 2 N–H and O–H groups in total. The van der Waals surface area contributed by atoms with Gasteiger partial charge in [0.1, 0.15) is 0 Å². The molecule has 1 saturated carbocycles. The Morgan fingerprint density at radius 2 is 1.76 bits per heavy atom. The van der Waals surface area contributed by atoms with Crippen LogP contribution in [0.5, 0.6) is 0 Å². The molecule has 1 aromatic rings. The second-order valence-corrected chi connectivity index (χ2v) is 7.42. The summed E-state index contributed by atoms with van der Waals surface area (Å²) in [5.74, 6) is -1.19. The predicted octanol–water partition coefficient (Wildman–Crippen LogP) is 2.15. The van der Waals surface area contributed by atoms with Gasteiger partial charge in [-0.2, -0.15) is 0 Å². The lowest BCUT2D eigenvalue weighted by Gasteiger charge is -2.28. The predicted molar refractivity (Wildman–Crippen MR) is 92.4 cm³/mol. The first-order valence-electron chi connectivity index (χ1n) is 8.77. The van der Waals surface area contributed by atoms with Crippen LogP contribution in [0.2, 0.25) is 0 Å². The number of carbonyl (C=O) groups excluding carboxylic acids is 2. The topological polar surface area (TPSA) is 86.7 Å². The van der Waals surface area contributed by atoms with Crippen LogP contribution in [-0.2, 0) is 4.79 Å². The molecule has 1 atom stereocenters. The van der Waals surface area contributed by atoms with Crippen LogP contribution < -0.4 is 5.32 Å². The number of aliphatic carboxylic acids is 1. The highest BCUT2D eigenvalue weighted by Crippen LogP contribution is 2.38. The Labute approximate surface area is 147 Å². The van der Waals surface area contributed by atoms with Crippen LogP contribution in [0, 0.1) is 11.3 Å².